The van der Waals surface area contributed by atoms with Crippen LogP contribution in [0.25, 0.3) is 0 Å². The fourth-order valence-corrected chi connectivity index (χ4v) is 2.82. The molecule has 0 saturated carbocycles. The Hall–Kier alpha value is -2.60. The topological polar surface area (TPSA) is 59.6 Å². The van der Waals surface area contributed by atoms with Crippen molar-refractivity contribution in [3.05, 3.63) is 54.1 Å². The molecule has 0 unspecified atom stereocenters. The van der Waals surface area contributed by atoms with Crippen LogP contribution in [0.2, 0.25) is 0 Å². The zero-order valence-corrected chi connectivity index (χ0v) is 17.3. The highest BCUT2D eigenvalue weighted by molar-refractivity contribution is 7.80. The molecule has 2 N–H and O–H groups in total. The van der Waals surface area contributed by atoms with Gasteiger partial charge in [0.25, 0.3) is 5.91 Å². The molecule has 0 heterocycles. The second kappa shape index (κ2) is 12.0. The van der Waals surface area contributed by atoms with E-state index < -0.39 is 0 Å². The maximum absolute atomic E-state index is 12.2. The first-order valence-corrected chi connectivity index (χ1v) is 10.0. The molecule has 2 aromatic rings. The molecule has 0 aliphatic carbocycles. The van der Waals surface area contributed by atoms with Gasteiger partial charge in [0, 0.05) is 11.3 Å². The first-order chi connectivity index (χ1) is 13.6. The molecular formula is C22H28N2O3S. The van der Waals surface area contributed by atoms with Gasteiger partial charge in [-0.25, -0.2) is 0 Å². The predicted octanol–water partition coefficient (Wildman–Crippen LogP) is 5.17. The average Bonchev–Trinajstić information content (AvgIpc) is 2.71. The average molecular weight is 401 g/mol. The van der Waals surface area contributed by atoms with Crippen molar-refractivity contribution in [1.29, 1.82) is 0 Å². The first-order valence-electron chi connectivity index (χ1n) is 9.61. The van der Waals surface area contributed by atoms with E-state index in [0.29, 0.717) is 11.3 Å². The van der Waals surface area contributed by atoms with Crippen molar-refractivity contribution in [2.75, 3.05) is 19.0 Å². The lowest BCUT2D eigenvalue weighted by Gasteiger charge is -2.11. The summed E-state index contributed by atoms with van der Waals surface area (Å²) in [6.45, 7) is 2.94. The summed E-state index contributed by atoms with van der Waals surface area (Å²) in [4.78, 5) is 12.2. The number of nitrogens with one attached hydrogen (secondary N) is 2. The van der Waals surface area contributed by atoms with Crippen LogP contribution >= 0.6 is 12.2 Å². The van der Waals surface area contributed by atoms with E-state index in [9.17, 15) is 4.79 Å². The van der Waals surface area contributed by atoms with Crippen LogP contribution in [0.15, 0.2) is 48.5 Å². The van der Waals surface area contributed by atoms with E-state index in [1.807, 2.05) is 24.3 Å². The third-order valence-corrected chi connectivity index (χ3v) is 4.41. The molecule has 0 bridgehead atoms. The number of benzene rings is 2. The van der Waals surface area contributed by atoms with Crippen LogP contribution in [0, 0.1) is 0 Å². The molecular weight excluding hydrogens is 372 g/mol. The molecule has 6 heteroatoms. The molecule has 2 aromatic carbocycles. The third-order valence-electron chi connectivity index (χ3n) is 4.21. The van der Waals surface area contributed by atoms with Crippen molar-refractivity contribution in [3.8, 4) is 11.5 Å². The summed E-state index contributed by atoms with van der Waals surface area (Å²) in [5.74, 6) is 1.25. The van der Waals surface area contributed by atoms with Gasteiger partial charge in [-0.3, -0.25) is 10.1 Å². The van der Waals surface area contributed by atoms with Gasteiger partial charge in [-0.05, 0) is 67.2 Å². The molecule has 0 aromatic heterocycles. The molecule has 0 radical (unpaired) electrons. The number of carbonyl (C=O) groups is 1. The summed E-state index contributed by atoms with van der Waals surface area (Å²) in [6, 6.07) is 14.4. The largest absolute Gasteiger partial charge is 0.497 e. The summed E-state index contributed by atoms with van der Waals surface area (Å²) in [6.07, 6.45) is 6.08. The van der Waals surface area contributed by atoms with Gasteiger partial charge in [0.2, 0.25) is 0 Å². The summed E-state index contributed by atoms with van der Waals surface area (Å²) >= 11 is 5.22. The Morgan fingerprint density at radius 1 is 0.929 bits per heavy atom. The number of carbonyl (C=O) groups excluding carboxylic acids is 1. The number of ether oxygens (including phenoxy) is 2. The zero-order chi connectivity index (χ0) is 20.2. The highest BCUT2D eigenvalue weighted by Crippen LogP contribution is 2.16. The summed E-state index contributed by atoms with van der Waals surface area (Å²) in [5.41, 5.74) is 1.29. The van der Waals surface area contributed by atoms with Crippen LogP contribution in [0.1, 0.15) is 49.4 Å². The van der Waals surface area contributed by atoms with Crippen LogP contribution in [0.3, 0.4) is 0 Å². The van der Waals surface area contributed by atoms with Crippen LogP contribution in [-0.2, 0) is 0 Å². The van der Waals surface area contributed by atoms with Gasteiger partial charge in [0.05, 0.1) is 13.7 Å². The number of hydrogen-bond acceptors (Lipinski definition) is 4. The molecule has 150 valence electrons. The van der Waals surface area contributed by atoms with Crippen molar-refractivity contribution in [2.24, 2.45) is 0 Å². The Balaban J connectivity index is 1.74. The first kappa shape index (κ1) is 21.7. The summed E-state index contributed by atoms with van der Waals surface area (Å²) in [5, 5.41) is 5.91. The highest BCUT2D eigenvalue weighted by atomic mass is 32.1. The lowest BCUT2D eigenvalue weighted by atomic mass is 10.2. The number of methoxy groups -OCH3 is 1. The maximum atomic E-state index is 12.2. The Morgan fingerprint density at radius 2 is 1.57 bits per heavy atom. The summed E-state index contributed by atoms with van der Waals surface area (Å²) in [7, 11) is 1.58. The lowest BCUT2D eigenvalue weighted by Crippen LogP contribution is -2.34. The van der Waals surface area contributed by atoms with E-state index in [0.717, 1.165) is 24.5 Å². The van der Waals surface area contributed by atoms with Gasteiger partial charge in [0.1, 0.15) is 11.5 Å². The van der Waals surface area contributed by atoms with Crippen LogP contribution in [0.4, 0.5) is 5.69 Å². The third kappa shape index (κ3) is 7.56. The normalized spacial score (nSPS) is 10.2. The smallest absolute Gasteiger partial charge is 0.257 e. The lowest BCUT2D eigenvalue weighted by molar-refractivity contribution is 0.0977. The molecule has 0 aliphatic rings. The van der Waals surface area contributed by atoms with Crippen LogP contribution in [0.5, 0.6) is 11.5 Å². The van der Waals surface area contributed by atoms with Crippen LogP contribution < -0.4 is 20.1 Å². The molecule has 28 heavy (non-hydrogen) atoms. The number of unbranched alkanes of at least 4 members (excludes halogenated alkanes) is 4. The molecule has 1 amide bonds. The van der Waals surface area contributed by atoms with E-state index in [4.69, 9.17) is 21.7 Å². The zero-order valence-electron chi connectivity index (χ0n) is 16.5. The molecule has 0 saturated heterocycles. The van der Waals surface area contributed by atoms with Crippen molar-refractivity contribution >= 4 is 28.9 Å². The number of rotatable bonds is 10. The van der Waals surface area contributed by atoms with Gasteiger partial charge in [-0.1, -0.05) is 32.6 Å². The van der Waals surface area contributed by atoms with Crippen molar-refractivity contribution in [2.45, 2.75) is 39.0 Å². The molecule has 0 fully saturated rings. The quantitative estimate of drug-likeness (QED) is 0.425. The van der Waals surface area contributed by atoms with Gasteiger partial charge < -0.3 is 14.8 Å². The van der Waals surface area contributed by atoms with Gasteiger partial charge in [-0.2, -0.15) is 0 Å². The van der Waals surface area contributed by atoms with Gasteiger partial charge in [-0.15, -0.1) is 0 Å². The Kier molecular flexibility index (Phi) is 9.28. The second-order valence-corrected chi connectivity index (χ2v) is 6.83. The van der Waals surface area contributed by atoms with Crippen molar-refractivity contribution < 1.29 is 14.3 Å². The molecule has 0 atom stereocenters. The van der Waals surface area contributed by atoms with E-state index in [-0.39, 0.29) is 11.0 Å². The van der Waals surface area contributed by atoms with Crippen molar-refractivity contribution in [3.63, 3.8) is 0 Å². The Labute approximate surface area is 172 Å². The van der Waals surface area contributed by atoms with Crippen LogP contribution in [-0.4, -0.2) is 24.7 Å². The minimum Gasteiger partial charge on any atom is -0.497 e. The van der Waals surface area contributed by atoms with Crippen molar-refractivity contribution in [1.82, 2.24) is 5.32 Å². The molecule has 2 rings (SSSR count). The SMILES string of the molecule is CCCCCCCOc1ccc(NC(=S)NC(=O)c2ccc(OC)cc2)cc1. The predicted molar refractivity (Wildman–Crippen MR) is 117 cm³/mol. The number of amides is 1. The minimum absolute atomic E-state index is 0.241. The minimum atomic E-state index is -0.275. The van der Waals surface area contributed by atoms with E-state index in [1.54, 1.807) is 31.4 Å². The van der Waals surface area contributed by atoms with E-state index >= 15 is 0 Å². The Bertz CT molecular complexity index is 745. The number of thiocarbonyl (C=S) groups is 1. The molecule has 5 nitrogen and oxygen atoms in total. The van der Waals surface area contributed by atoms with E-state index in [2.05, 4.69) is 17.6 Å². The number of hydrogen-bond donors (Lipinski definition) is 2. The Morgan fingerprint density at radius 3 is 2.21 bits per heavy atom. The highest BCUT2D eigenvalue weighted by Gasteiger charge is 2.08. The molecule has 0 aliphatic heterocycles. The van der Waals surface area contributed by atoms with Gasteiger partial charge >= 0.3 is 0 Å². The molecule has 0 spiro atoms. The fraction of sp³-hybridized carbons (Fsp3) is 0.364. The van der Waals surface area contributed by atoms with Gasteiger partial charge in [0.15, 0.2) is 5.11 Å². The monoisotopic (exact) mass is 400 g/mol. The maximum Gasteiger partial charge on any atom is 0.257 e. The second-order valence-electron chi connectivity index (χ2n) is 6.42. The summed E-state index contributed by atoms with van der Waals surface area (Å²) < 4.78 is 10.8. The standard InChI is InChI=1S/C22H28N2O3S/c1-3-4-5-6-7-16-27-20-14-10-18(11-15-20)23-22(28)24-21(25)17-8-12-19(26-2)13-9-17/h8-15H,3-7,16H2,1-2H3,(H2,23,24,25,28). The number of anilines is 1. The van der Waals surface area contributed by atoms with E-state index in [1.165, 1.54) is 25.7 Å². The fourth-order valence-electron chi connectivity index (χ4n) is 2.61.